The van der Waals surface area contributed by atoms with Crippen molar-refractivity contribution >= 4 is 21.9 Å². The third-order valence-corrected chi connectivity index (χ3v) is 3.10. The molecule has 0 amide bonds. The van der Waals surface area contributed by atoms with Gasteiger partial charge in [-0.2, -0.15) is 0 Å². The van der Waals surface area contributed by atoms with Crippen LogP contribution in [0.1, 0.15) is 15.9 Å². The molecule has 2 rings (SSSR count). The Bertz CT molecular complexity index is 641. The molecule has 3 nitrogen and oxygen atoms in total. The van der Waals surface area contributed by atoms with Gasteiger partial charge in [0.15, 0.2) is 0 Å². The first-order valence-corrected chi connectivity index (χ1v) is 6.23. The van der Waals surface area contributed by atoms with Crippen molar-refractivity contribution in [2.75, 3.05) is 0 Å². The van der Waals surface area contributed by atoms with E-state index in [-0.39, 0.29) is 11.3 Å². The largest absolute Gasteiger partial charge is 0.478 e. The second-order valence-corrected chi connectivity index (χ2v) is 4.84. The Morgan fingerprint density at radius 2 is 1.89 bits per heavy atom. The molecule has 0 unspecified atom stereocenters. The molecule has 0 aliphatic heterocycles. The summed E-state index contributed by atoms with van der Waals surface area (Å²) in [6, 6.07) is 8.78. The lowest BCUT2D eigenvalue weighted by Crippen LogP contribution is -2.00. The number of aromatic carboxylic acids is 1. The van der Waals surface area contributed by atoms with Crippen LogP contribution in [0.5, 0.6) is 11.5 Å². The molecule has 0 spiro atoms. The first-order chi connectivity index (χ1) is 8.97. The van der Waals surface area contributed by atoms with E-state index in [0.717, 1.165) is 5.56 Å². The van der Waals surface area contributed by atoms with Crippen LogP contribution in [0.15, 0.2) is 40.9 Å². The fourth-order valence-electron chi connectivity index (χ4n) is 1.58. The molecule has 0 saturated carbocycles. The Balaban J connectivity index is 2.40. The van der Waals surface area contributed by atoms with Crippen LogP contribution in [0.3, 0.4) is 0 Å². The van der Waals surface area contributed by atoms with Crippen LogP contribution in [0.4, 0.5) is 4.39 Å². The Labute approximate surface area is 117 Å². The van der Waals surface area contributed by atoms with Gasteiger partial charge >= 0.3 is 5.97 Å². The van der Waals surface area contributed by atoms with E-state index >= 15 is 0 Å². The van der Waals surface area contributed by atoms with Gasteiger partial charge < -0.3 is 9.84 Å². The Kier molecular flexibility index (Phi) is 3.85. The first kappa shape index (κ1) is 13.5. The van der Waals surface area contributed by atoms with Gasteiger partial charge in [0, 0.05) is 0 Å². The minimum Gasteiger partial charge on any atom is -0.478 e. The Morgan fingerprint density at radius 3 is 2.53 bits per heavy atom. The quantitative estimate of drug-likeness (QED) is 0.910. The van der Waals surface area contributed by atoms with Crippen LogP contribution in [0.25, 0.3) is 0 Å². The molecule has 0 atom stereocenters. The number of hydrogen-bond acceptors (Lipinski definition) is 2. The lowest BCUT2D eigenvalue weighted by atomic mass is 10.1. The number of benzene rings is 2. The van der Waals surface area contributed by atoms with Gasteiger partial charge in [0.05, 0.1) is 4.47 Å². The van der Waals surface area contributed by atoms with Gasteiger partial charge in [-0.3, -0.25) is 0 Å². The summed E-state index contributed by atoms with van der Waals surface area (Å²) in [6.45, 7) is 1.80. The van der Waals surface area contributed by atoms with Crippen molar-refractivity contribution in [1.29, 1.82) is 0 Å². The number of ether oxygens (including phenoxy) is 1. The molecule has 19 heavy (non-hydrogen) atoms. The van der Waals surface area contributed by atoms with Gasteiger partial charge in [-0.25, -0.2) is 9.18 Å². The molecule has 0 aliphatic carbocycles. The van der Waals surface area contributed by atoms with Crippen LogP contribution in [0, 0.1) is 12.7 Å². The average molecular weight is 325 g/mol. The zero-order valence-electron chi connectivity index (χ0n) is 9.98. The molecule has 98 valence electrons. The maximum Gasteiger partial charge on any atom is 0.339 e. The monoisotopic (exact) mass is 324 g/mol. The zero-order chi connectivity index (χ0) is 14.0. The predicted octanol–water partition coefficient (Wildman–Crippen LogP) is 4.39. The number of rotatable bonds is 3. The maximum absolute atomic E-state index is 13.0. The number of hydrogen-bond donors (Lipinski definition) is 1. The predicted molar refractivity (Wildman–Crippen MR) is 72.3 cm³/mol. The fraction of sp³-hybridized carbons (Fsp3) is 0.0714. The Morgan fingerprint density at radius 1 is 1.21 bits per heavy atom. The standard InChI is InChI=1S/C14H10BrFO3/c1-8-2-4-12(10(6-8)14(17)18)19-13-5-3-9(16)7-11(13)15/h2-7H,1H3,(H,17,18). The Hall–Kier alpha value is -1.88. The SMILES string of the molecule is Cc1ccc(Oc2ccc(F)cc2Br)c(C(=O)O)c1. The van der Waals surface area contributed by atoms with Crippen LogP contribution in [-0.4, -0.2) is 11.1 Å². The molecular formula is C14H10BrFO3. The van der Waals surface area contributed by atoms with Gasteiger partial charge in [0.1, 0.15) is 22.9 Å². The van der Waals surface area contributed by atoms with Gasteiger partial charge in [-0.1, -0.05) is 11.6 Å². The summed E-state index contributed by atoms with van der Waals surface area (Å²) in [5.74, 6) is -0.906. The second kappa shape index (κ2) is 5.40. The third-order valence-electron chi connectivity index (χ3n) is 2.48. The summed E-state index contributed by atoms with van der Waals surface area (Å²) >= 11 is 3.17. The highest BCUT2D eigenvalue weighted by molar-refractivity contribution is 9.10. The molecular weight excluding hydrogens is 315 g/mol. The van der Waals surface area contributed by atoms with Crippen molar-refractivity contribution in [3.63, 3.8) is 0 Å². The van der Waals surface area contributed by atoms with Crippen molar-refractivity contribution in [2.45, 2.75) is 6.92 Å². The van der Waals surface area contributed by atoms with Crippen molar-refractivity contribution < 1.29 is 19.0 Å². The van der Waals surface area contributed by atoms with E-state index in [1.54, 1.807) is 19.1 Å². The van der Waals surface area contributed by atoms with Gasteiger partial charge in [0.25, 0.3) is 0 Å². The molecule has 1 N–H and O–H groups in total. The fourth-order valence-corrected chi connectivity index (χ4v) is 2.01. The summed E-state index contributed by atoms with van der Waals surface area (Å²) in [7, 11) is 0. The summed E-state index contributed by atoms with van der Waals surface area (Å²) in [4.78, 5) is 11.2. The van der Waals surface area contributed by atoms with E-state index in [9.17, 15) is 9.18 Å². The molecule has 0 saturated heterocycles. The molecule has 0 aliphatic rings. The topological polar surface area (TPSA) is 46.5 Å². The van der Waals surface area contributed by atoms with E-state index < -0.39 is 11.8 Å². The number of halogens is 2. The number of carboxylic acids is 1. The molecule has 2 aromatic carbocycles. The van der Waals surface area contributed by atoms with Crippen LogP contribution < -0.4 is 4.74 Å². The summed E-state index contributed by atoms with van der Waals surface area (Å²) in [5.41, 5.74) is 0.888. The van der Waals surface area contributed by atoms with Gasteiger partial charge in [-0.15, -0.1) is 0 Å². The molecule has 0 heterocycles. The molecule has 0 bridgehead atoms. The minimum absolute atomic E-state index is 0.0659. The minimum atomic E-state index is -1.07. The highest BCUT2D eigenvalue weighted by Crippen LogP contribution is 2.32. The lowest BCUT2D eigenvalue weighted by molar-refractivity contribution is 0.0694. The van der Waals surface area contributed by atoms with Crippen molar-refractivity contribution in [2.24, 2.45) is 0 Å². The van der Waals surface area contributed by atoms with Crippen molar-refractivity contribution in [1.82, 2.24) is 0 Å². The first-order valence-electron chi connectivity index (χ1n) is 5.44. The van der Waals surface area contributed by atoms with Crippen LogP contribution in [-0.2, 0) is 0 Å². The number of carboxylic acid groups (broad SMARTS) is 1. The zero-order valence-corrected chi connectivity index (χ0v) is 11.6. The van der Waals surface area contributed by atoms with E-state index in [1.165, 1.54) is 24.3 Å². The normalized spacial score (nSPS) is 10.3. The third kappa shape index (κ3) is 3.12. The van der Waals surface area contributed by atoms with Crippen LogP contribution >= 0.6 is 15.9 Å². The van der Waals surface area contributed by atoms with Crippen molar-refractivity contribution in [3.05, 3.63) is 57.8 Å². The molecule has 5 heteroatoms. The number of aryl methyl sites for hydroxylation is 1. The summed E-state index contributed by atoms with van der Waals surface area (Å²) in [5, 5.41) is 9.13. The van der Waals surface area contributed by atoms with Crippen molar-refractivity contribution in [3.8, 4) is 11.5 Å². The van der Waals surface area contributed by atoms with E-state index in [0.29, 0.717) is 10.2 Å². The van der Waals surface area contributed by atoms with Gasteiger partial charge in [0.2, 0.25) is 0 Å². The smallest absolute Gasteiger partial charge is 0.339 e. The van der Waals surface area contributed by atoms with E-state index in [4.69, 9.17) is 9.84 Å². The van der Waals surface area contributed by atoms with E-state index in [1.807, 2.05) is 0 Å². The molecule has 0 fully saturated rings. The number of carbonyl (C=O) groups is 1. The molecule has 0 aromatic heterocycles. The highest BCUT2D eigenvalue weighted by Gasteiger charge is 2.13. The second-order valence-electron chi connectivity index (χ2n) is 3.98. The lowest BCUT2D eigenvalue weighted by Gasteiger charge is -2.10. The highest BCUT2D eigenvalue weighted by atomic mass is 79.9. The maximum atomic E-state index is 13.0. The van der Waals surface area contributed by atoms with Crippen LogP contribution in [0.2, 0.25) is 0 Å². The summed E-state index contributed by atoms with van der Waals surface area (Å²) < 4.78 is 18.9. The molecule has 2 aromatic rings. The summed E-state index contributed by atoms with van der Waals surface area (Å²) in [6.07, 6.45) is 0. The van der Waals surface area contributed by atoms with E-state index in [2.05, 4.69) is 15.9 Å². The molecule has 0 radical (unpaired) electrons. The average Bonchev–Trinajstić information content (AvgIpc) is 2.34. The van der Waals surface area contributed by atoms with Gasteiger partial charge in [-0.05, 0) is 53.2 Å².